The van der Waals surface area contributed by atoms with Crippen LogP contribution in [-0.2, 0) is 21.0 Å². The first-order chi connectivity index (χ1) is 13.3. The second kappa shape index (κ2) is 5.41. The van der Waals surface area contributed by atoms with Crippen LogP contribution in [0, 0.1) is 0 Å². The molecule has 1 saturated carbocycles. The molecule has 5 heteroatoms. The Morgan fingerprint density at radius 1 is 1.15 bits per heavy atom. The van der Waals surface area contributed by atoms with Crippen molar-refractivity contribution in [2.24, 2.45) is 4.99 Å². The highest BCUT2D eigenvalue weighted by Crippen LogP contribution is 2.58. The highest BCUT2D eigenvalue weighted by atomic mass is 16.8. The van der Waals surface area contributed by atoms with Crippen molar-refractivity contribution in [2.75, 3.05) is 0 Å². The number of nitrogens with zero attached hydrogens (tertiary/aromatic N) is 2. The van der Waals surface area contributed by atoms with Gasteiger partial charge < -0.3 is 9.47 Å². The van der Waals surface area contributed by atoms with E-state index in [9.17, 15) is 0 Å². The van der Waals surface area contributed by atoms with E-state index in [0.717, 1.165) is 42.8 Å². The number of benzene rings is 2. The molecule has 4 aliphatic heterocycles. The Bertz CT molecular complexity index is 930. The summed E-state index contributed by atoms with van der Waals surface area (Å²) in [5.74, 6) is -0.00120. The van der Waals surface area contributed by atoms with Crippen LogP contribution in [0.2, 0.25) is 0 Å². The molecule has 2 aromatic carbocycles. The Morgan fingerprint density at radius 2 is 1.96 bits per heavy atom. The van der Waals surface area contributed by atoms with Gasteiger partial charge in [0, 0.05) is 6.42 Å². The minimum Gasteiger partial charge on any atom is -0.323 e. The molecular weight excluding hydrogens is 338 g/mol. The quantitative estimate of drug-likeness (QED) is 0.880. The maximum atomic E-state index is 7.04. The number of amidine groups is 1. The highest BCUT2D eigenvalue weighted by molar-refractivity contribution is 5.87. The summed E-state index contributed by atoms with van der Waals surface area (Å²) in [4.78, 5) is 4.87. The summed E-state index contributed by atoms with van der Waals surface area (Å²) in [6, 6.07) is 18.9. The molecule has 3 saturated heterocycles. The summed E-state index contributed by atoms with van der Waals surface area (Å²) in [5, 5.41) is 2.04. The molecule has 4 fully saturated rings. The number of aliphatic imine (C=N–C) groups is 1. The number of hydrogen-bond acceptors (Lipinski definition) is 5. The smallest absolute Gasteiger partial charge is 0.298 e. The van der Waals surface area contributed by atoms with Crippen LogP contribution in [0.3, 0.4) is 0 Å². The fourth-order valence-electron chi connectivity index (χ4n) is 5.27. The van der Waals surface area contributed by atoms with E-state index in [2.05, 4.69) is 54.8 Å². The van der Waals surface area contributed by atoms with Crippen LogP contribution in [0.25, 0.3) is 0 Å². The predicted molar refractivity (Wildman–Crippen MR) is 102 cm³/mol. The molecule has 1 aliphatic carbocycles. The normalized spacial score (nSPS) is 36.0. The first kappa shape index (κ1) is 15.8. The fourth-order valence-corrected chi connectivity index (χ4v) is 5.27. The molecule has 0 radical (unpaired) electrons. The lowest BCUT2D eigenvalue weighted by Crippen LogP contribution is -2.81. The van der Waals surface area contributed by atoms with Crippen LogP contribution >= 0.6 is 0 Å². The monoisotopic (exact) mass is 361 g/mol. The van der Waals surface area contributed by atoms with Crippen LogP contribution in [0.5, 0.6) is 0 Å². The van der Waals surface area contributed by atoms with Crippen LogP contribution < -0.4 is 5.43 Å². The van der Waals surface area contributed by atoms with Crippen molar-refractivity contribution in [3.05, 3.63) is 65.7 Å². The van der Waals surface area contributed by atoms with E-state index in [-0.39, 0.29) is 17.7 Å². The molecule has 5 aliphatic rings. The summed E-state index contributed by atoms with van der Waals surface area (Å²) in [6.45, 7) is 2.12. The number of ether oxygens (including phenoxy) is 2. The van der Waals surface area contributed by atoms with Crippen molar-refractivity contribution in [3.63, 3.8) is 0 Å². The Balaban J connectivity index is 1.58. The lowest BCUT2D eigenvalue weighted by Gasteiger charge is -2.67. The average molecular weight is 361 g/mol. The third-order valence-electron chi connectivity index (χ3n) is 6.44. The van der Waals surface area contributed by atoms with Crippen LogP contribution in [-0.4, -0.2) is 23.0 Å². The zero-order valence-corrected chi connectivity index (χ0v) is 15.4. The summed E-state index contributed by atoms with van der Waals surface area (Å²) in [7, 11) is 0. The minimum atomic E-state index is -0.959. The molecule has 138 valence electrons. The standard InChI is InChI=1S/C22H23N3O2/c1-2-19-23-17-12-7-6-11-16(17)22-25(19)24-20-18(26-22)13-8-14-21(20,27-22)15-9-4-3-5-10-15/h3-7,9-12,18,20,24H,2,8,13-14H2,1H3. The van der Waals surface area contributed by atoms with Crippen molar-refractivity contribution >= 4 is 11.5 Å². The third kappa shape index (κ3) is 1.92. The van der Waals surface area contributed by atoms with Gasteiger partial charge in [-0.25, -0.2) is 15.4 Å². The van der Waals surface area contributed by atoms with E-state index in [4.69, 9.17) is 14.5 Å². The molecule has 5 nitrogen and oxygen atoms in total. The van der Waals surface area contributed by atoms with E-state index >= 15 is 0 Å². The number of rotatable bonds is 2. The number of hydrazine groups is 1. The van der Waals surface area contributed by atoms with E-state index in [1.807, 2.05) is 17.1 Å². The van der Waals surface area contributed by atoms with Gasteiger partial charge in [0.2, 0.25) is 0 Å². The number of hydrogen-bond donors (Lipinski definition) is 1. The molecule has 0 aromatic heterocycles. The highest BCUT2D eigenvalue weighted by Gasteiger charge is 2.68. The molecule has 7 rings (SSSR count). The number of para-hydroxylation sites is 1. The van der Waals surface area contributed by atoms with Crippen molar-refractivity contribution < 1.29 is 9.47 Å². The van der Waals surface area contributed by atoms with Gasteiger partial charge in [0.15, 0.2) is 0 Å². The Hall–Kier alpha value is -2.21. The van der Waals surface area contributed by atoms with Gasteiger partial charge in [0.05, 0.1) is 23.4 Å². The van der Waals surface area contributed by atoms with E-state index < -0.39 is 5.91 Å². The lowest BCUT2D eigenvalue weighted by atomic mass is 9.72. The van der Waals surface area contributed by atoms with Crippen LogP contribution in [0.1, 0.15) is 43.7 Å². The SMILES string of the molecule is CCC1=Nc2ccccc2C23OC4CCCC(c5ccccc5)(O2)C4NN13. The van der Waals surface area contributed by atoms with Crippen molar-refractivity contribution in [1.29, 1.82) is 0 Å². The van der Waals surface area contributed by atoms with Gasteiger partial charge in [-0.05, 0) is 37.0 Å². The van der Waals surface area contributed by atoms with Gasteiger partial charge in [-0.2, -0.15) is 0 Å². The third-order valence-corrected chi connectivity index (χ3v) is 6.44. The van der Waals surface area contributed by atoms with Crippen LogP contribution in [0.4, 0.5) is 5.69 Å². The molecule has 27 heavy (non-hydrogen) atoms. The number of nitrogens with one attached hydrogen (secondary N) is 1. The van der Waals surface area contributed by atoms with Gasteiger partial charge in [-0.3, -0.25) is 0 Å². The van der Waals surface area contributed by atoms with Gasteiger partial charge in [0.1, 0.15) is 11.4 Å². The van der Waals surface area contributed by atoms with Crippen molar-refractivity contribution in [3.8, 4) is 0 Å². The Kier molecular flexibility index (Phi) is 3.17. The second-order valence-corrected chi connectivity index (χ2v) is 7.83. The number of fused-ring (bicyclic) bond motifs is 1. The molecule has 4 heterocycles. The summed E-state index contributed by atoms with van der Waals surface area (Å²) < 4.78 is 13.8. The maximum absolute atomic E-state index is 7.04. The predicted octanol–water partition coefficient (Wildman–Crippen LogP) is 3.93. The van der Waals surface area contributed by atoms with E-state index in [1.165, 1.54) is 5.56 Å². The Labute approximate surface area is 159 Å². The van der Waals surface area contributed by atoms with Gasteiger partial charge >= 0.3 is 0 Å². The molecule has 1 spiro atoms. The van der Waals surface area contributed by atoms with Gasteiger partial charge in [0.25, 0.3) is 5.91 Å². The zero-order valence-electron chi connectivity index (χ0n) is 15.4. The first-order valence-corrected chi connectivity index (χ1v) is 9.94. The zero-order chi connectivity index (χ0) is 18.1. The molecular formula is C22H23N3O2. The van der Waals surface area contributed by atoms with Gasteiger partial charge in [-0.1, -0.05) is 49.4 Å². The molecule has 4 atom stereocenters. The molecule has 1 N–H and O–H groups in total. The fraction of sp³-hybridized carbons (Fsp3) is 0.409. The molecule has 2 aromatic rings. The maximum Gasteiger partial charge on any atom is 0.298 e. The minimum absolute atomic E-state index is 0.0811. The summed E-state index contributed by atoms with van der Waals surface area (Å²) in [6.07, 6.45) is 4.07. The summed E-state index contributed by atoms with van der Waals surface area (Å²) in [5.41, 5.74) is 6.55. The Morgan fingerprint density at radius 3 is 2.81 bits per heavy atom. The van der Waals surface area contributed by atoms with Gasteiger partial charge in [-0.15, -0.1) is 0 Å². The lowest BCUT2D eigenvalue weighted by molar-refractivity contribution is -0.473. The molecule has 0 amide bonds. The summed E-state index contributed by atoms with van der Waals surface area (Å²) >= 11 is 0. The van der Waals surface area contributed by atoms with Crippen molar-refractivity contribution in [2.45, 2.75) is 56.3 Å². The second-order valence-electron chi connectivity index (χ2n) is 7.83. The van der Waals surface area contributed by atoms with Crippen molar-refractivity contribution in [1.82, 2.24) is 10.4 Å². The largest absolute Gasteiger partial charge is 0.323 e. The topological polar surface area (TPSA) is 46.1 Å². The molecule has 4 unspecified atom stereocenters. The average Bonchev–Trinajstić information content (AvgIpc) is 2.73. The van der Waals surface area contributed by atoms with Crippen LogP contribution in [0.15, 0.2) is 59.6 Å². The first-order valence-electron chi connectivity index (χ1n) is 9.94. The van der Waals surface area contributed by atoms with E-state index in [0.29, 0.717) is 0 Å². The van der Waals surface area contributed by atoms with E-state index in [1.54, 1.807) is 0 Å². The molecule has 4 bridgehead atoms.